The van der Waals surface area contributed by atoms with Gasteiger partial charge >= 0.3 is 0 Å². The summed E-state index contributed by atoms with van der Waals surface area (Å²) >= 11 is 0. The molecule has 0 fully saturated rings. The smallest absolute Gasteiger partial charge is 0.264 e. The molecule has 3 rings (SSSR count). The van der Waals surface area contributed by atoms with Gasteiger partial charge in [-0.1, -0.05) is 54.1 Å². The molecule has 3 aromatic rings. The SMILES string of the molecule is COc1cccc(N(CC(=O)N[C@H](C)c2ccccc2)S(=O)(=O)c2ccc(C)cc2)c1. The molecule has 0 saturated heterocycles. The van der Waals surface area contributed by atoms with E-state index in [9.17, 15) is 13.2 Å². The fourth-order valence-corrected chi connectivity index (χ4v) is 4.57. The largest absolute Gasteiger partial charge is 0.497 e. The lowest BCUT2D eigenvalue weighted by atomic mass is 10.1. The predicted octanol–water partition coefficient (Wildman–Crippen LogP) is 4.08. The lowest BCUT2D eigenvalue weighted by Gasteiger charge is -2.25. The van der Waals surface area contributed by atoms with Crippen molar-refractivity contribution in [3.05, 3.63) is 90.0 Å². The highest BCUT2D eigenvalue weighted by atomic mass is 32.2. The maximum Gasteiger partial charge on any atom is 0.264 e. The molecule has 0 heterocycles. The highest BCUT2D eigenvalue weighted by Gasteiger charge is 2.28. The topological polar surface area (TPSA) is 75.7 Å². The maximum absolute atomic E-state index is 13.4. The molecule has 7 heteroatoms. The summed E-state index contributed by atoms with van der Waals surface area (Å²) in [5.41, 5.74) is 2.23. The van der Waals surface area contributed by atoms with E-state index in [1.165, 1.54) is 7.11 Å². The van der Waals surface area contributed by atoms with Crippen molar-refractivity contribution in [1.29, 1.82) is 0 Å². The number of aryl methyl sites for hydroxylation is 1. The molecule has 1 atom stereocenters. The number of amides is 1. The van der Waals surface area contributed by atoms with Gasteiger partial charge in [-0.3, -0.25) is 9.10 Å². The number of benzene rings is 3. The Bertz CT molecular complexity index is 1130. The van der Waals surface area contributed by atoms with Crippen LogP contribution < -0.4 is 14.4 Å². The van der Waals surface area contributed by atoms with E-state index in [0.29, 0.717) is 11.4 Å². The Morgan fingerprint density at radius 3 is 2.32 bits per heavy atom. The first-order valence-corrected chi connectivity index (χ1v) is 11.3. The molecule has 0 aliphatic carbocycles. The third-order valence-corrected chi connectivity index (χ3v) is 6.70. The first-order chi connectivity index (χ1) is 14.8. The average Bonchev–Trinajstić information content (AvgIpc) is 2.78. The molecule has 1 amide bonds. The second-order valence-electron chi connectivity index (χ2n) is 7.23. The number of rotatable bonds is 8. The van der Waals surface area contributed by atoms with E-state index in [2.05, 4.69) is 5.32 Å². The second-order valence-corrected chi connectivity index (χ2v) is 9.09. The van der Waals surface area contributed by atoms with E-state index < -0.39 is 15.9 Å². The van der Waals surface area contributed by atoms with Crippen LogP contribution in [0.2, 0.25) is 0 Å². The van der Waals surface area contributed by atoms with E-state index in [4.69, 9.17) is 4.74 Å². The molecule has 6 nitrogen and oxygen atoms in total. The summed E-state index contributed by atoms with van der Waals surface area (Å²) in [4.78, 5) is 13.0. The van der Waals surface area contributed by atoms with Crippen LogP contribution in [0.4, 0.5) is 5.69 Å². The Balaban J connectivity index is 1.92. The van der Waals surface area contributed by atoms with Crippen molar-refractivity contribution in [2.24, 2.45) is 0 Å². The third kappa shape index (κ3) is 5.44. The molecule has 3 aromatic carbocycles. The minimum absolute atomic E-state index is 0.116. The fraction of sp³-hybridized carbons (Fsp3) is 0.208. The van der Waals surface area contributed by atoms with Crippen LogP contribution in [0.3, 0.4) is 0 Å². The van der Waals surface area contributed by atoms with Crippen molar-refractivity contribution in [2.45, 2.75) is 24.8 Å². The molecular weight excluding hydrogens is 412 g/mol. The summed E-state index contributed by atoms with van der Waals surface area (Å²) in [5, 5.41) is 2.88. The number of carbonyl (C=O) groups excluding carboxylic acids is 1. The minimum Gasteiger partial charge on any atom is -0.497 e. The molecule has 0 saturated carbocycles. The van der Waals surface area contributed by atoms with Crippen LogP contribution in [0.25, 0.3) is 0 Å². The highest BCUT2D eigenvalue weighted by Crippen LogP contribution is 2.27. The Morgan fingerprint density at radius 1 is 1.00 bits per heavy atom. The first kappa shape index (κ1) is 22.4. The summed E-state index contributed by atoms with van der Waals surface area (Å²) in [6.07, 6.45) is 0. The van der Waals surface area contributed by atoms with Gasteiger partial charge in [0, 0.05) is 6.07 Å². The van der Waals surface area contributed by atoms with Gasteiger partial charge in [0.1, 0.15) is 12.3 Å². The van der Waals surface area contributed by atoms with Crippen LogP contribution >= 0.6 is 0 Å². The van der Waals surface area contributed by atoms with Gasteiger partial charge in [0.15, 0.2) is 0 Å². The Hall–Kier alpha value is -3.32. The number of anilines is 1. The number of sulfonamides is 1. The number of hydrogen-bond donors (Lipinski definition) is 1. The molecule has 0 radical (unpaired) electrons. The van der Waals surface area contributed by atoms with Gasteiger partial charge < -0.3 is 10.1 Å². The van der Waals surface area contributed by atoms with Crippen molar-refractivity contribution in [3.63, 3.8) is 0 Å². The minimum atomic E-state index is -3.97. The van der Waals surface area contributed by atoms with Crippen molar-refractivity contribution >= 4 is 21.6 Å². The van der Waals surface area contributed by atoms with E-state index in [0.717, 1.165) is 15.4 Å². The van der Waals surface area contributed by atoms with E-state index >= 15 is 0 Å². The molecule has 0 aliphatic rings. The Morgan fingerprint density at radius 2 is 1.68 bits per heavy atom. The zero-order valence-electron chi connectivity index (χ0n) is 17.8. The zero-order chi connectivity index (χ0) is 22.4. The lowest BCUT2D eigenvalue weighted by Crippen LogP contribution is -2.41. The molecule has 1 N–H and O–H groups in total. The van der Waals surface area contributed by atoms with Gasteiger partial charge in [-0.05, 0) is 43.7 Å². The van der Waals surface area contributed by atoms with Gasteiger partial charge in [0.05, 0.1) is 23.7 Å². The Labute approximate surface area is 183 Å². The number of carbonyl (C=O) groups is 1. The number of ether oxygens (including phenoxy) is 1. The van der Waals surface area contributed by atoms with Crippen LogP contribution in [0, 0.1) is 6.92 Å². The first-order valence-electron chi connectivity index (χ1n) is 9.89. The summed E-state index contributed by atoms with van der Waals surface area (Å²) in [6, 6.07) is 22.4. The predicted molar refractivity (Wildman–Crippen MR) is 122 cm³/mol. The molecule has 0 aliphatic heterocycles. The standard InChI is InChI=1S/C24H26N2O4S/c1-18-12-14-23(15-13-18)31(28,29)26(21-10-7-11-22(16-21)30-3)17-24(27)25-19(2)20-8-5-4-6-9-20/h4-16,19H,17H2,1-3H3,(H,25,27)/t19-/m1/s1. The number of nitrogens with one attached hydrogen (secondary N) is 1. The second kappa shape index (κ2) is 9.66. The molecule has 0 unspecified atom stereocenters. The number of hydrogen-bond acceptors (Lipinski definition) is 4. The Kier molecular flexibility index (Phi) is 6.97. The van der Waals surface area contributed by atoms with Gasteiger partial charge in [0.2, 0.25) is 5.91 Å². The van der Waals surface area contributed by atoms with Crippen molar-refractivity contribution < 1.29 is 17.9 Å². The van der Waals surface area contributed by atoms with Crippen molar-refractivity contribution in [1.82, 2.24) is 5.32 Å². The van der Waals surface area contributed by atoms with Gasteiger partial charge in [-0.2, -0.15) is 0 Å². The van der Waals surface area contributed by atoms with Gasteiger partial charge in [-0.25, -0.2) is 8.42 Å². The van der Waals surface area contributed by atoms with Gasteiger partial charge in [-0.15, -0.1) is 0 Å². The van der Waals surface area contributed by atoms with Crippen LogP contribution in [0.1, 0.15) is 24.1 Å². The highest BCUT2D eigenvalue weighted by molar-refractivity contribution is 7.92. The molecule has 31 heavy (non-hydrogen) atoms. The zero-order valence-corrected chi connectivity index (χ0v) is 18.6. The molecule has 0 aromatic heterocycles. The van der Waals surface area contributed by atoms with E-state index in [-0.39, 0.29) is 17.5 Å². The fourth-order valence-electron chi connectivity index (χ4n) is 3.16. The normalized spacial score (nSPS) is 12.1. The summed E-state index contributed by atoms with van der Waals surface area (Å²) in [7, 11) is -2.47. The lowest BCUT2D eigenvalue weighted by molar-refractivity contribution is -0.120. The molecule has 162 valence electrons. The molecule has 0 spiro atoms. The average molecular weight is 439 g/mol. The number of methoxy groups -OCH3 is 1. The molecule has 0 bridgehead atoms. The maximum atomic E-state index is 13.4. The van der Waals surface area contributed by atoms with Crippen LogP contribution in [-0.4, -0.2) is 28.0 Å². The van der Waals surface area contributed by atoms with Crippen LogP contribution in [-0.2, 0) is 14.8 Å². The van der Waals surface area contributed by atoms with Gasteiger partial charge in [0.25, 0.3) is 10.0 Å². The molecular formula is C24H26N2O4S. The number of nitrogens with zero attached hydrogens (tertiary/aromatic N) is 1. The quantitative estimate of drug-likeness (QED) is 0.575. The van der Waals surface area contributed by atoms with E-state index in [1.807, 2.05) is 44.2 Å². The van der Waals surface area contributed by atoms with Crippen molar-refractivity contribution in [3.8, 4) is 5.75 Å². The monoisotopic (exact) mass is 438 g/mol. The van der Waals surface area contributed by atoms with Crippen molar-refractivity contribution in [2.75, 3.05) is 18.0 Å². The summed E-state index contributed by atoms with van der Waals surface area (Å²) in [5.74, 6) is 0.0922. The third-order valence-electron chi connectivity index (χ3n) is 4.91. The summed E-state index contributed by atoms with van der Waals surface area (Å²) in [6.45, 7) is 3.38. The van der Waals surface area contributed by atoms with E-state index in [1.54, 1.807) is 48.5 Å². The summed E-state index contributed by atoms with van der Waals surface area (Å²) < 4.78 is 33.2. The van der Waals surface area contributed by atoms with Crippen LogP contribution in [0.15, 0.2) is 83.8 Å². The van der Waals surface area contributed by atoms with Crippen LogP contribution in [0.5, 0.6) is 5.75 Å².